The molecule has 21 heavy (non-hydrogen) atoms. The molecule has 0 aromatic heterocycles. The normalized spacial score (nSPS) is 10.3. The molecule has 2 rings (SSSR count). The summed E-state index contributed by atoms with van der Waals surface area (Å²) >= 11 is 0. The van der Waals surface area contributed by atoms with Crippen LogP contribution in [-0.2, 0) is 0 Å². The summed E-state index contributed by atoms with van der Waals surface area (Å²) in [6.07, 6.45) is 0. The molecule has 2 aromatic carbocycles. The molecule has 0 bridgehead atoms. The van der Waals surface area contributed by atoms with Gasteiger partial charge >= 0.3 is 0 Å². The van der Waals surface area contributed by atoms with Crippen molar-refractivity contribution in [1.82, 2.24) is 0 Å². The molecule has 0 radical (unpaired) electrons. The van der Waals surface area contributed by atoms with Crippen LogP contribution in [-0.4, -0.2) is 21.3 Å². The lowest BCUT2D eigenvalue weighted by molar-refractivity contribution is 0.386. The minimum Gasteiger partial charge on any atom is -0.497 e. The molecule has 112 valence electrons. The van der Waals surface area contributed by atoms with Crippen LogP contribution in [0.15, 0.2) is 30.3 Å². The van der Waals surface area contributed by atoms with Gasteiger partial charge in [-0.15, -0.1) is 0 Å². The molecule has 0 aliphatic heterocycles. The van der Waals surface area contributed by atoms with Crippen LogP contribution >= 0.6 is 0 Å². The molecule has 5 heteroatoms. The smallest absolute Gasteiger partial charge is 0.165 e. The lowest BCUT2D eigenvalue weighted by Gasteiger charge is -2.23. The molecule has 0 fully saturated rings. The Hall–Kier alpha value is -2.43. The first-order valence-electron chi connectivity index (χ1n) is 6.49. The zero-order valence-corrected chi connectivity index (χ0v) is 12.6. The van der Waals surface area contributed by atoms with Gasteiger partial charge in [0.15, 0.2) is 11.6 Å². The second kappa shape index (κ2) is 5.91. The molecule has 0 heterocycles. The summed E-state index contributed by atoms with van der Waals surface area (Å²) < 4.78 is 23.8. The van der Waals surface area contributed by atoms with Crippen molar-refractivity contribution >= 4 is 17.1 Å². The average molecular weight is 290 g/mol. The van der Waals surface area contributed by atoms with E-state index in [2.05, 4.69) is 0 Å². The maximum atomic E-state index is 13.5. The fourth-order valence-corrected chi connectivity index (χ4v) is 2.16. The molecule has 0 unspecified atom stereocenters. The first-order valence-corrected chi connectivity index (χ1v) is 6.49. The van der Waals surface area contributed by atoms with E-state index in [0.717, 1.165) is 16.9 Å². The summed E-state index contributed by atoms with van der Waals surface area (Å²) in [7, 11) is 4.92. The van der Waals surface area contributed by atoms with Gasteiger partial charge in [0.25, 0.3) is 0 Å². The fourth-order valence-electron chi connectivity index (χ4n) is 2.16. The monoisotopic (exact) mass is 290 g/mol. The highest BCUT2D eigenvalue weighted by Gasteiger charge is 2.13. The standard InChI is InChI=1S/C16H19FN2O2/c1-10-14(18)8-12(20-3)9-15(10)19(2)11-5-6-13(17)16(7-11)21-4/h5-9H,18H2,1-4H3. The summed E-state index contributed by atoms with van der Waals surface area (Å²) in [4.78, 5) is 1.91. The zero-order chi connectivity index (χ0) is 15.6. The van der Waals surface area contributed by atoms with Crippen LogP contribution in [0, 0.1) is 12.7 Å². The first-order chi connectivity index (χ1) is 9.97. The highest BCUT2D eigenvalue weighted by Crippen LogP contribution is 2.35. The summed E-state index contributed by atoms with van der Waals surface area (Å²) in [5.41, 5.74) is 9.26. The van der Waals surface area contributed by atoms with E-state index in [1.54, 1.807) is 25.3 Å². The maximum Gasteiger partial charge on any atom is 0.165 e. The number of nitrogen functional groups attached to an aromatic ring is 1. The molecule has 0 aliphatic rings. The number of nitrogens with two attached hydrogens (primary N) is 1. The predicted molar refractivity (Wildman–Crippen MR) is 83.2 cm³/mol. The van der Waals surface area contributed by atoms with Crippen LogP contribution in [0.1, 0.15) is 5.56 Å². The first kappa shape index (κ1) is 15.0. The Morgan fingerprint density at radius 3 is 2.43 bits per heavy atom. The molecule has 4 nitrogen and oxygen atoms in total. The van der Waals surface area contributed by atoms with Crippen molar-refractivity contribution in [2.24, 2.45) is 0 Å². The van der Waals surface area contributed by atoms with Gasteiger partial charge in [-0.1, -0.05) is 0 Å². The number of ether oxygens (including phenoxy) is 2. The Bertz CT molecular complexity index is 659. The molecule has 0 amide bonds. The van der Waals surface area contributed by atoms with E-state index in [-0.39, 0.29) is 5.75 Å². The minimum absolute atomic E-state index is 0.202. The molecule has 0 saturated carbocycles. The van der Waals surface area contributed by atoms with Crippen molar-refractivity contribution in [2.45, 2.75) is 6.92 Å². The fraction of sp³-hybridized carbons (Fsp3) is 0.250. The number of methoxy groups -OCH3 is 2. The molecule has 0 spiro atoms. The maximum absolute atomic E-state index is 13.5. The second-order valence-electron chi connectivity index (χ2n) is 4.74. The van der Waals surface area contributed by atoms with Gasteiger partial charge in [0, 0.05) is 42.3 Å². The van der Waals surface area contributed by atoms with Gasteiger partial charge < -0.3 is 20.1 Å². The third-order valence-electron chi connectivity index (χ3n) is 3.51. The van der Waals surface area contributed by atoms with Crippen molar-refractivity contribution in [3.05, 3.63) is 41.7 Å². The highest BCUT2D eigenvalue weighted by atomic mass is 19.1. The molecule has 2 aromatic rings. The van der Waals surface area contributed by atoms with Crippen molar-refractivity contribution in [3.63, 3.8) is 0 Å². The molecule has 0 atom stereocenters. The average Bonchev–Trinajstić information content (AvgIpc) is 2.49. The van der Waals surface area contributed by atoms with Crippen molar-refractivity contribution in [3.8, 4) is 11.5 Å². The van der Waals surface area contributed by atoms with E-state index in [0.29, 0.717) is 11.4 Å². The zero-order valence-electron chi connectivity index (χ0n) is 12.6. The number of benzene rings is 2. The minimum atomic E-state index is -0.392. The summed E-state index contributed by atoms with van der Waals surface area (Å²) in [6.45, 7) is 1.93. The van der Waals surface area contributed by atoms with Crippen LogP contribution in [0.3, 0.4) is 0 Å². The number of halogens is 1. The van der Waals surface area contributed by atoms with Crippen LogP contribution in [0.4, 0.5) is 21.5 Å². The number of hydrogen-bond acceptors (Lipinski definition) is 4. The van der Waals surface area contributed by atoms with E-state index < -0.39 is 5.82 Å². The number of rotatable bonds is 4. The van der Waals surface area contributed by atoms with E-state index in [1.807, 2.05) is 24.9 Å². The van der Waals surface area contributed by atoms with Gasteiger partial charge in [-0.25, -0.2) is 4.39 Å². The lowest BCUT2D eigenvalue weighted by Crippen LogP contribution is -2.12. The van der Waals surface area contributed by atoms with E-state index in [4.69, 9.17) is 15.2 Å². The Kier molecular flexibility index (Phi) is 4.21. The quantitative estimate of drug-likeness (QED) is 0.875. The third-order valence-corrected chi connectivity index (χ3v) is 3.51. The predicted octanol–water partition coefficient (Wildman–Crippen LogP) is 3.50. The van der Waals surface area contributed by atoms with Gasteiger partial charge in [-0.3, -0.25) is 0 Å². The number of hydrogen-bond donors (Lipinski definition) is 1. The Balaban J connectivity index is 2.49. The molecule has 2 N–H and O–H groups in total. The van der Waals surface area contributed by atoms with Crippen LogP contribution in [0.5, 0.6) is 11.5 Å². The van der Waals surface area contributed by atoms with Crippen LogP contribution < -0.4 is 20.1 Å². The third kappa shape index (κ3) is 2.86. The van der Waals surface area contributed by atoms with Crippen molar-refractivity contribution < 1.29 is 13.9 Å². The number of nitrogens with zero attached hydrogens (tertiary/aromatic N) is 1. The van der Waals surface area contributed by atoms with Gasteiger partial charge in [0.1, 0.15) is 5.75 Å². The highest BCUT2D eigenvalue weighted by molar-refractivity contribution is 5.73. The van der Waals surface area contributed by atoms with Gasteiger partial charge in [0.05, 0.1) is 14.2 Å². The van der Waals surface area contributed by atoms with Crippen molar-refractivity contribution in [1.29, 1.82) is 0 Å². The molecular formula is C16H19FN2O2. The van der Waals surface area contributed by atoms with E-state index in [1.165, 1.54) is 13.2 Å². The Labute approximate surface area is 123 Å². The topological polar surface area (TPSA) is 47.7 Å². The Morgan fingerprint density at radius 2 is 1.81 bits per heavy atom. The second-order valence-corrected chi connectivity index (χ2v) is 4.74. The van der Waals surface area contributed by atoms with Crippen molar-refractivity contribution in [2.75, 3.05) is 31.9 Å². The number of anilines is 3. The summed E-state index contributed by atoms with van der Waals surface area (Å²) in [5, 5.41) is 0. The summed E-state index contributed by atoms with van der Waals surface area (Å²) in [6, 6.07) is 8.38. The molecule has 0 saturated heterocycles. The lowest BCUT2D eigenvalue weighted by atomic mass is 10.1. The molecular weight excluding hydrogens is 271 g/mol. The van der Waals surface area contributed by atoms with Gasteiger partial charge in [0.2, 0.25) is 0 Å². The van der Waals surface area contributed by atoms with Crippen LogP contribution in [0.25, 0.3) is 0 Å². The van der Waals surface area contributed by atoms with E-state index >= 15 is 0 Å². The Morgan fingerprint density at radius 1 is 1.10 bits per heavy atom. The van der Waals surface area contributed by atoms with Gasteiger partial charge in [-0.2, -0.15) is 0 Å². The van der Waals surface area contributed by atoms with E-state index in [9.17, 15) is 4.39 Å². The summed E-state index contributed by atoms with van der Waals surface area (Å²) in [5.74, 6) is 0.485. The SMILES string of the molecule is COc1cc(N)c(C)c(N(C)c2ccc(F)c(OC)c2)c1. The largest absolute Gasteiger partial charge is 0.497 e. The molecule has 0 aliphatic carbocycles. The van der Waals surface area contributed by atoms with Gasteiger partial charge in [-0.05, 0) is 24.6 Å². The van der Waals surface area contributed by atoms with Crippen LogP contribution in [0.2, 0.25) is 0 Å².